The molecule has 2 heterocycles. The van der Waals surface area contributed by atoms with E-state index in [9.17, 15) is 9.59 Å². The highest BCUT2D eigenvalue weighted by molar-refractivity contribution is 7.07. The smallest absolute Gasteiger partial charge is 0.338 e. The molecule has 44 heavy (non-hydrogen) atoms. The third-order valence-corrected chi connectivity index (χ3v) is 8.69. The second-order valence-corrected chi connectivity index (χ2v) is 12.1. The van der Waals surface area contributed by atoms with Gasteiger partial charge in [-0.25, -0.2) is 9.79 Å². The number of esters is 1. The number of nitrogens with zero attached hydrogens (tertiary/aromatic N) is 2. The molecule has 0 unspecified atom stereocenters. The Kier molecular flexibility index (Phi) is 9.71. The summed E-state index contributed by atoms with van der Waals surface area (Å²) in [6.45, 7) is 10.7. The number of fused-ring (bicyclic) bond motifs is 1. The summed E-state index contributed by atoms with van der Waals surface area (Å²) >= 11 is 7.58. The Morgan fingerprint density at radius 1 is 1.02 bits per heavy atom. The first-order valence-electron chi connectivity index (χ1n) is 14.6. The van der Waals surface area contributed by atoms with Crippen molar-refractivity contribution in [2.75, 3.05) is 13.2 Å². The molecule has 1 aliphatic heterocycles. The third kappa shape index (κ3) is 6.51. The molecule has 0 N–H and O–H groups in total. The standard InChI is InChI=1S/C35H35ClN2O5S/c1-6-41-29-18-23(12-17-28(29)43-20-26-10-8-9-11-27(26)36)19-30-33(39)38-32(25-15-13-24(14-16-25)21(3)4)31(34(40)42-7-2)22(5)37-35(38)44-30/h8-19,21,32H,6-7,20H2,1-5H3/b30-19-/t32-/m1/s1. The highest BCUT2D eigenvalue weighted by atomic mass is 35.5. The van der Waals surface area contributed by atoms with E-state index in [4.69, 9.17) is 25.8 Å². The van der Waals surface area contributed by atoms with Crippen LogP contribution in [-0.2, 0) is 16.1 Å². The number of benzene rings is 3. The van der Waals surface area contributed by atoms with E-state index in [0.717, 1.165) is 16.7 Å². The highest BCUT2D eigenvalue weighted by Gasteiger charge is 2.33. The summed E-state index contributed by atoms with van der Waals surface area (Å²) in [6, 6.07) is 20.5. The van der Waals surface area contributed by atoms with Crippen LogP contribution in [0.5, 0.6) is 11.5 Å². The molecule has 0 saturated heterocycles. The van der Waals surface area contributed by atoms with Crippen LogP contribution in [-0.4, -0.2) is 23.8 Å². The van der Waals surface area contributed by atoms with Crippen LogP contribution in [0.1, 0.15) is 68.8 Å². The quantitative estimate of drug-likeness (QED) is 0.186. The summed E-state index contributed by atoms with van der Waals surface area (Å²) in [5.74, 6) is 1.01. The molecule has 4 aromatic rings. The van der Waals surface area contributed by atoms with Crippen molar-refractivity contribution in [2.24, 2.45) is 4.99 Å². The van der Waals surface area contributed by atoms with Gasteiger partial charge in [0.2, 0.25) is 0 Å². The summed E-state index contributed by atoms with van der Waals surface area (Å²) in [5, 5.41) is 0.632. The van der Waals surface area contributed by atoms with Crippen molar-refractivity contribution in [1.29, 1.82) is 0 Å². The van der Waals surface area contributed by atoms with Crippen LogP contribution in [0, 0.1) is 0 Å². The molecule has 1 aromatic heterocycles. The number of halogens is 1. The van der Waals surface area contributed by atoms with E-state index in [2.05, 4.69) is 18.8 Å². The number of thiazole rings is 1. The second-order valence-electron chi connectivity index (χ2n) is 10.6. The first-order valence-corrected chi connectivity index (χ1v) is 15.8. The van der Waals surface area contributed by atoms with Crippen LogP contribution < -0.4 is 24.4 Å². The van der Waals surface area contributed by atoms with E-state index in [0.29, 0.717) is 49.7 Å². The minimum absolute atomic E-state index is 0.222. The zero-order valence-corrected chi connectivity index (χ0v) is 27.0. The first kappa shape index (κ1) is 31.3. The van der Waals surface area contributed by atoms with Crippen LogP contribution in [0.3, 0.4) is 0 Å². The average Bonchev–Trinajstić information content (AvgIpc) is 3.30. The molecule has 0 spiro atoms. The van der Waals surface area contributed by atoms with E-state index < -0.39 is 12.0 Å². The Morgan fingerprint density at radius 3 is 2.45 bits per heavy atom. The van der Waals surface area contributed by atoms with Crippen LogP contribution in [0.15, 0.2) is 87.8 Å². The lowest BCUT2D eigenvalue weighted by molar-refractivity contribution is -0.139. The summed E-state index contributed by atoms with van der Waals surface area (Å²) in [5.41, 5.74) is 4.28. The zero-order valence-electron chi connectivity index (χ0n) is 25.4. The summed E-state index contributed by atoms with van der Waals surface area (Å²) in [7, 11) is 0. The van der Waals surface area contributed by atoms with Crippen LogP contribution in [0.4, 0.5) is 0 Å². The lowest BCUT2D eigenvalue weighted by Crippen LogP contribution is -2.39. The molecule has 0 radical (unpaired) electrons. The van der Waals surface area contributed by atoms with Crippen molar-refractivity contribution >= 4 is 35.0 Å². The van der Waals surface area contributed by atoms with Gasteiger partial charge in [-0.2, -0.15) is 0 Å². The number of aromatic nitrogens is 1. The maximum absolute atomic E-state index is 14.0. The van der Waals surface area contributed by atoms with Crippen molar-refractivity contribution in [3.05, 3.63) is 125 Å². The van der Waals surface area contributed by atoms with Gasteiger partial charge in [0.15, 0.2) is 16.3 Å². The lowest BCUT2D eigenvalue weighted by Gasteiger charge is -2.25. The third-order valence-electron chi connectivity index (χ3n) is 7.34. The van der Waals surface area contributed by atoms with Gasteiger partial charge in [0, 0.05) is 10.6 Å². The lowest BCUT2D eigenvalue weighted by atomic mass is 9.93. The molecule has 1 atom stereocenters. The second kappa shape index (κ2) is 13.7. The van der Waals surface area contributed by atoms with Gasteiger partial charge in [0.1, 0.15) is 6.61 Å². The number of ether oxygens (including phenoxy) is 3. The Labute approximate surface area is 265 Å². The Hall–Kier alpha value is -4.14. The molecule has 5 rings (SSSR count). The van der Waals surface area contributed by atoms with E-state index in [1.165, 1.54) is 16.9 Å². The van der Waals surface area contributed by atoms with Crippen molar-refractivity contribution in [1.82, 2.24) is 4.57 Å². The van der Waals surface area contributed by atoms with Crippen LogP contribution in [0.25, 0.3) is 6.08 Å². The molecule has 0 fully saturated rings. The summed E-state index contributed by atoms with van der Waals surface area (Å²) in [6.07, 6.45) is 1.81. The van der Waals surface area contributed by atoms with Crippen molar-refractivity contribution in [3.8, 4) is 11.5 Å². The van der Waals surface area contributed by atoms with E-state index in [-0.39, 0.29) is 18.8 Å². The molecule has 1 aliphatic rings. The number of allylic oxidation sites excluding steroid dienone is 1. The Balaban J connectivity index is 1.56. The van der Waals surface area contributed by atoms with Crippen molar-refractivity contribution < 1.29 is 19.0 Å². The fourth-order valence-electron chi connectivity index (χ4n) is 5.09. The first-order chi connectivity index (χ1) is 21.2. The predicted octanol–water partition coefficient (Wildman–Crippen LogP) is 6.55. The van der Waals surface area contributed by atoms with Gasteiger partial charge in [0.05, 0.1) is 35.1 Å². The molecule has 0 aliphatic carbocycles. The molecular formula is C35H35ClN2O5S. The van der Waals surface area contributed by atoms with E-state index in [1.54, 1.807) is 18.4 Å². The predicted molar refractivity (Wildman–Crippen MR) is 174 cm³/mol. The van der Waals surface area contributed by atoms with Gasteiger partial charge < -0.3 is 14.2 Å². The SMILES string of the molecule is CCOC(=O)C1=C(C)N=c2s/c(=C\c3ccc(OCc4ccccc4Cl)c(OCC)c3)c(=O)n2[C@@H]1c1ccc(C(C)C)cc1. The number of carbonyl (C=O) groups is 1. The van der Waals surface area contributed by atoms with Gasteiger partial charge in [-0.1, -0.05) is 85.3 Å². The number of carbonyl (C=O) groups excluding carboxylic acids is 1. The van der Waals surface area contributed by atoms with E-state index in [1.807, 2.05) is 79.7 Å². The maximum Gasteiger partial charge on any atom is 0.338 e. The number of hydrogen-bond acceptors (Lipinski definition) is 7. The minimum Gasteiger partial charge on any atom is -0.490 e. The van der Waals surface area contributed by atoms with Crippen molar-refractivity contribution in [3.63, 3.8) is 0 Å². The van der Waals surface area contributed by atoms with Gasteiger partial charge in [-0.3, -0.25) is 9.36 Å². The number of hydrogen-bond donors (Lipinski definition) is 0. The molecule has 9 heteroatoms. The fourth-order valence-corrected chi connectivity index (χ4v) is 6.33. The molecule has 7 nitrogen and oxygen atoms in total. The minimum atomic E-state index is -0.659. The monoisotopic (exact) mass is 630 g/mol. The Morgan fingerprint density at radius 2 is 1.77 bits per heavy atom. The van der Waals surface area contributed by atoms with E-state index >= 15 is 0 Å². The number of rotatable bonds is 10. The normalized spacial score (nSPS) is 14.8. The van der Waals surface area contributed by atoms with Crippen LogP contribution in [0.2, 0.25) is 5.02 Å². The molecule has 0 saturated carbocycles. The van der Waals surface area contributed by atoms with Crippen molar-refractivity contribution in [2.45, 2.75) is 53.2 Å². The maximum atomic E-state index is 14.0. The molecule has 3 aromatic carbocycles. The molecule has 228 valence electrons. The zero-order chi connectivity index (χ0) is 31.4. The molecular weight excluding hydrogens is 596 g/mol. The Bertz CT molecular complexity index is 1890. The largest absolute Gasteiger partial charge is 0.490 e. The topological polar surface area (TPSA) is 79.1 Å². The molecule has 0 bridgehead atoms. The fraction of sp³-hybridized carbons (Fsp3) is 0.286. The van der Waals surface area contributed by atoms with Gasteiger partial charge in [-0.15, -0.1) is 0 Å². The van der Waals surface area contributed by atoms with Gasteiger partial charge in [-0.05, 0) is 67.7 Å². The highest BCUT2D eigenvalue weighted by Crippen LogP contribution is 2.32. The van der Waals surface area contributed by atoms with Gasteiger partial charge in [0.25, 0.3) is 5.56 Å². The average molecular weight is 631 g/mol. The molecule has 0 amide bonds. The summed E-state index contributed by atoms with van der Waals surface area (Å²) < 4.78 is 19.4. The van der Waals surface area contributed by atoms with Gasteiger partial charge >= 0.3 is 5.97 Å². The summed E-state index contributed by atoms with van der Waals surface area (Å²) in [4.78, 5) is 32.4. The van der Waals surface area contributed by atoms with Crippen LogP contribution >= 0.6 is 22.9 Å².